The zero-order valence-corrected chi connectivity index (χ0v) is 16.8. The van der Waals surface area contributed by atoms with Gasteiger partial charge in [-0.05, 0) is 23.7 Å². The highest BCUT2D eigenvalue weighted by Gasteiger charge is 2.44. The quantitative estimate of drug-likeness (QED) is 0.815. The van der Waals surface area contributed by atoms with E-state index in [1.165, 1.54) is 0 Å². The number of aliphatic hydroxyl groups is 1. The first kappa shape index (κ1) is 19.6. The molecule has 1 aliphatic heterocycles. The highest BCUT2D eigenvalue weighted by atomic mass is 28.4. The average molecular weight is 353 g/mol. The lowest BCUT2D eigenvalue weighted by molar-refractivity contribution is -0.247. The van der Waals surface area contributed by atoms with Crippen molar-refractivity contribution >= 4 is 8.32 Å². The Hall–Kier alpha value is -0.723. The molecule has 0 saturated carbocycles. The molecule has 0 spiro atoms. The van der Waals surface area contributed by atoms with Crippen molar-refractivity contribution in [1.82, 2.24) is 0 Å². The van der Waals surface area contributed by atoms with Gasteiger partial charge in [-0.25, -0.2) is 0 Å². The third kappa shape index (κ3) is 4.67. The standard InChI is InChI=1S/C19H32O4Si/c1-14-17(20)16(23-24(5,6)19(2,3)4)13-22-18(14)21-12-15-10-8-7-9-11-15/h7-11,14,16-18,20H,12-13H2,1-6H3/t14-,16+,17-,18-/m0/s1. The summed E-state index contributed by atoms with van der Waals surface area (Å²) in [4.78, 5) is 0. The first-order chi connectivity index (χ1) is 11.1. The van der Waals surface area contributed by atoms with Crippen molar-refractivity contribution in [1.29, 1.82) is 0 Å². The Morgan fingerprint density at radius 2 is 1.83 bits per heavy atom. The smallest absolute Gasteiger partial charge is 0.192 e. The molecule has 4 atom stereocenters. The van der Waals surface area contributed by atoms with Crippen LogP contribution in [0.4, 0.5) is 0 Å². The molecule has 2 rings (SSSR count). The van der Waals surface area contributed by atoms with Crippen molar-refractivity contribution in [2.75, 3.05) is 6.61 Å². The molecular formula is C19H32O4Si. The highest BCUT2D eigenvalue weighted by molar-refractivity contribution is 6.74. The van der Waals surface area contributed by atoms with Gasteiger partial charge in [0.15, 0.2) is 14.6 Å². The number of benzene rings is 1. The van der Waals surface area contributed by atoms with Gasteiger partial charge in [-0.2, -0.15) is 0 Å². The Bertz CT molecular complexity index is 512. The summed E-state index contributed by atoms with van der Waals surface area (Å²) >= 11 is 0. The molecule has 1 aromatic rings. The Morgan fingerprint density at radius 3 is 2.42 bits per heavy atom. The van der Waals surface area contributed by atoms with Gasteiger partial charge in [0.25, 0.3) is 0 Å². The average Bonchev–Trinajstić information content (AvgIpc) is 2.51. The van der Waals surface area contributed by atoms with Crippen LogP contribution in [0.2, 0.25) is 18.1 Å². The van der Waals surface area contributed by atoms with Crippen molar-refractivity contribution in [3.8, 4) is 0 Å². The summed E-state index contributed by atoms with van der Waals surface area (Å²) in [6.07, 6.45) is -1.26. The van der Waals surface area contributed by atoms with Crippen molar-refractivity contribution in [3.63, 3.8) is 0 Å². The summed E-state index contributed by atoms with van der Waals surface area (Å²) in [5.74, 6) is -0.128. The van der Waals surface area contributed by atoms with Gasteiger partial charge in [0, 0.05) is 5.92 Å². The molecule has 24 heavy (non-hydrogen) atoms. The minimum atomic E-state index is -1.94. The Balaban J connectivity index is 1.92. The highest BCUT2D eigenvalue weighted by Crippen LogP contribution is 2.39. The summed E-state index contributed by atoms with van der Waals surface area (Å²) < 4.78 is 18.1. The third-order valence-corrected chi connectivity index (χ3v) is 9.79. The molecule has 0 amide bonds. The summed E-state index contributed by atoms with van der Waals surface area (Å²) in [6, 6.07) is 10.00. The summed E-state index contributed by atoms with van der Waals surface area (Å²) in [5.41, 5.74) is 1.10. The molecule has 0 unspecified atom stereocenters. The van der Waals surface area contributed by atoms with E-state index in [0.29, 0.717) is 13.2 Å². The normalized spacial score (nSPS) is 28.8. The van der Waals surface area contributed by atoms with Gasteiger partial charge in [0.2, 0.25) is 0 Å². The van der Waals surface area contributed by atoms with Crippen LogP contribution in [0.15, 0.2) is 30.3 Å². The number of aliphatic hydroxyl groups excluding tert-OH is 1. The fraction of sp³-hybridized carbons (Fsp3) is 0.684. The van der Waals surface area contributed by atoms with E-state index >= 15 is 0 Å². The molecule has 0 aromatic heterocycles. The van der Waals surface area contributed by atoms with Crippen molar-refractivity contribution < 1.29 is 19.0 Å². The van der Waals surface area contributed by atoms with Gasteiger partial charge in [-0.1, -0.05) is 58.0 Å². The van der Waals surface area contributed by atoms with Gasteiger partial charge in [0.1, 0.15) is 0 Å². The van der Waals surface area contributed by atoms with E-state index in [1.54, 1.807) is 0 Å². The van der Waals surface area contributed by atoms with Crippen molar-refractivity contribution in [2.45, 2.75) is 70.9 Å². The summed E-state index contributed by atoms with van der Waals surface area (Å²) in [7, 11) is -1.94. The molecule has 1 N–H and O–H groups in total. The van der Waals surface area contributed by atoms with Crippen LogP contribution in [0, 0.1) is 5.92 Å². The maximum absolute atomic E-state index is 10.7. The predicted octanol–water partition coefficient (Wildman–Crippen LogP) is 3.95. The second-order valence-electron chi connectivity index (χ2n) is 8.26. The summed E-state index contributed by atoms with van der Waals surface area (Å²) in [5, 5.41) is 10.8. The van der Waals surface area contributed by atoms with Gasteiger partial charge < -0.3 is 19.0 Å². The van der Waals surface area contributed by atoms with E-state index in [9.17, 15) is 5.11 Å². The van der Waals surface area contributed by atoms with Gasteiger partial charge in [-0.3, -0.25) is 0 Å². The van der Waals surface area contributed by atoms with Crippen molar-refractivity contribution in [3.05, 3.63) is 35.9 Å². The second-order valence-corrected chi connectivity index (χ2v) is 13.0. The fourth-order valence-corrected chi connectivity index (χ4v) is 3.87. The van der Waals surface area contributed by atoms with Crippen molar-refractivity contribution in [2.24, 2.45) is 5.92 Å². The SMILES string of the molecule is C[C@@H]1[C@@H](OCc2ccccc2)OC[C@@H](O[Si](C)(C)C(C)(C)C)[C@H]1O. The molecule has 5 heteroatoms. The fourth-order valence-electron chi connectivity index (χ4n) is 2.55. The van der Waals surface area contributed by atoms with E-state index in [1.807, 2.05) is 37.3 Å². The minimum absolute atomic E-state index is 0.108. The van der Waals surface area contributed by atoms with Crippen LogP contribution < -0.4 is 0 Å². The molecule has 1 aliphatic rings. The molecule has 1 saturated heterocycles. The summed E-state index contributed by atoms with van der Waals surface area (Å²) in [6.45, 7) is 13.8. The van der Waals surface area contributed by atoms with Crippen LogP contribution in [0.3, 0.4) is 0 Å². The first-order valence-electron chi connectivity index (χ1n) is 8.75. The van der Waals surface area contributed by atoms with Crippen LogP contribution in [-0.2, 0) is 20.5 Å². The van der Waals surface area contributed by atoms with Gasteiger partial charge in [0.05, 0.1) is 25.4 Å². The largest absolute Gasteiger partial charge is 0.409 e. The lowest BCUT2D eigenvalue weighted by atomic mass is 9.97. The van der Waals surface area contributed by atoms with E-state index in [0.717, 1.165) is 5.56 Å². The number of rotatable bonds is 5. The molecule has 136 valence electrons. The topological polar surface area (TPSA) is 47.9 Å². The minimum Gasteiger partial charge on any atom is -0.409 e. The Kier molecular flexibility index (Phi) is 6.26. The molecule has 4 nitrogen and oxygen atoms in total. The number of ether oxygens (including phenoxy) is 2. The zero-order chi connectivity index (χ0) is 18.0. The maximum atomic E-state index is 10.7. The maximum Gasteiger partial charge on any atom is 0.192 e. The van der Waals surface area contributed by atoms with Crippen LogP contribution in [0.1, 0.15) is 33.3 Å². The molecule has 1 aromatic carbocycles. The van der Waals surface area contributed by atoms with E-state index < -0.39 is 20.7 Å². The molecular weight excluding hydrogens is 320 g/mol. The number of hydrogen-bond donors (Lipinski definition) is 1. The van der Waals surface area contributed by atoms with E-state index in [4.69, 9.17) is 13.9 Å². The monoisotopic (exact) mass is 352 g/mol. The molecule has 0 bridgehead atoms. The first-order valence-corrected chi connectivity index (χ1v) is 11.7. The lowest BCUT2D eigenvalue weighted by Crippen LogP contribution is -2.55. The van der Waals surface area contributed by atoms with Crippen LogP contribution in [0.5, 0.6) is 0 Å². The Labute approximate surface area is 147 Å². The number of hydrogen-bond acceptors (Lipinski definition) is 4. The third-order valence-electron chi connectivity index (χ3n) is 5.28. The van der Waals surface area contributed by atoms with Crippen LogP contribution >= 0.6 is 0 Å². The predicted molar refractivity (Wildman–Crippen MR) is 98.2 cm³/mol. The van der Waals surface area contributed by atoms with Crippen LogP contribution in [-0.4, -0.2) is 38.5 Å². The van der Waals surface area contributed by atoms with Crippen LogP contribution in [0.25, 0.3) is 0 Å². The van der Waals surface area contributed by atoms with Gasteiger partial charge >= 0.3 is 0 Å². The second kappa shape index (κ2) is 7.66. The Morgan fingerprint density at radius 1 is 1.21 bits per heavy atom. The van der Waals surface area contributed by atoms with E-state index in [2.05, 4.69) is 33.9 Å². The van der Waals surface area contributed by atoms with E-state index in [-0.39, 0.29) is 17.1 Å². The van der Waals surface area contributed by atoms with Gasteiger partial charge in [-0.15, -0.1) is 0 Å². The molecule has 1 heterocycles. The molecule has 1 fully saturated rings. The lowest BCUT2D eigenvalue weighted by Gasteiger charge is -2.44. The zero-order valence-electron chi connectivity index (χ0n) is 15.8. The molecule has 0 aliphatic carbocycles. The molecule has 0 radical (unpaired) electrons.